The second-order valence-electron chi connectivity index (χ2n) is 4.32. The third kappa shape index (κ3) is 4.43. The molecule has 1 rings (SSSR count). The average Bonchev–Trinajstić information content (AvgIpc) is 2.25. The second kappa shape index (κ2) is 7.24. The number of nitrogens with zero attached hydrogens (tertiary/aromatic N) is 1. The normalized spacial score (nSPS) is 21.0. The van der Waals surface area contributed by atoms with Crippen LogP contribution in [0, 0.1) is 0 Å². The molecule has 1 N–H and O–H groups in total. The molecule has 1 atom stereocenters. The molecular formula is C12H25N2. The SMILES string of the molecule is CCCNC(CC)[N]C1CCCCC1. The van der Waals surface area contributed by atoms with E-state index in [1.165, 1.54) is 38.5 Å². The maximum Gasteiger partial charge on any atom is 0.0736 e. The van der Waals surface area contributed by atoms with Crippen LogP contribution in [0.25, 0.3) is 0 Å². The molecule has 0 spiro atoms. The molecule has 14 heavy (non-hydrogen) atoms. The average molecular weight is 197 g/mol. The Labute approximate surface area is 88.8 Å². The van der Waals surface area contributed by atoms with E-state index < -0.39 is 0 Å². The molecule has 0 aromatic rings. The Bertz CT molecular complexity index is 130. The third-order valence-corrected chi connectivity index (χ3v) is 2.98. The smallest absolute Gasteiger partial charge is 0.0736 e. The van der Waals surface area contributed by atoms with Gasteiger partial charge in [-0.3, -0.25) is 0 Å². The Morgan fingerprint density at radius 3 is 2.50 bits per heavy atom. The first-order chi connectivity index (χ1) is 6.86. The predicted molar refractivity (Wildman–Crippen MR) is 61.4 cm³/mol. The summed E-state index contributed by atoms with van der Waals surface area (Å²) in [6.07, 6.45) is 9.60. The van der Waals surface area contributed by atoms with E-state index in [4.69, 9.17) is 5.32 Å². The minimum Gasteiger partial charge on any atom is -0.301 e. The van der Waals surface area contributed by atoms with E-state index in [0.717, 1.165) is 13.0 Å². The van der Waals surface area contributed by atoms with Gasteiger partial charge >= 0.3 is 0 Å². The summed E-state index contributed by atoms with van der Waals surface area (Å²) in [4.78, 5) is 0. The maximum atomic E-state index is 4.88. The van der Waals surface area contributed by atoms with E-state index in [9.17, 15) is 0 Å². The van der Waals surface area contributed by atoms with Crippen LogP contribution in [0.2, 0.25) is 0 Å². The van der Waals surface area contributed by atoms with Crippen molar-refractivity contribution >= 4 is 0 Å². The van der Waals surface area contributed by atoms with Crippen molar-refractivity contribution in [3.05, 3.63) is 0 Å². The molecule has 0 aromatic carbocycles. The molecule has 1 saturated carbocycles. The van der Waals surface area contributed by atoms with Gasteiger partial charge in [0.05, 0.1) is 6.17 Å². The molecule has 1 unspecified atom stereocenters. The first kappa shape index (κ1) is 12.0. The number of nitrogens with one attached hydrogen (secondary N) is 1. The van der Waals surface area contributed by atoms with Gasteiger partial charge in [-0.15, -0.1) is 0 Å². The van der Waals surface area contributed by atoms with Crippen LogP contribution >= 0.6 is 0 Å². The highest BCUT2D eigenvalue weighted by Crippen LogP contribution is 2.18. The summed E-state index contributed by atoms with van der Waals surface area (Å²) in [7, 11) is 0. The van der Waals surface area contributed by atoms with E-state index in [1.54, 1.807) is 0 Å². The van der Waals surface area contributed by atoms with Gasteiger partial charge in [-0.1, -0.05) is 33.1 Å². The van der Waals surface area contributed by atoms with Crippen LogP contribution in [-0.2, 0) is 0 Å². The molecule has 2 heteroatoms. The Morgan fingerprint density at radius 2 is 1.93 bits per heavy atom. The summed E-state index contributed by atoms with van der Waals surface area (Å²) in [5.41, 5.74) is 0. The third-order valence-electron chi connectivity index (χ3n) is 2.98. The molecule has 2 nitrogen and oxygen atoms in total. The van der Waals surface area contributed by atoms with Crippen molar-refractivity contribution in [3.63, 3.8) is 0 Å². The fourth-order valence-corrected chi connectivity index (χ4v) is 2.10. The van der Waals surface area contributed by atoms with Crippen molar-refractivity contribution < 1.29 is 0 Å². The molecular weight excluding hydrogens is 172 g/mol. The summed E-state index contributed by atoms with van der Waals surface area (Å²) < 4.78 is 0. The van der Waals surface area contributed by atoms with Crippen molar-refractivity contribution in [2.24, 2.45) is 0 Å². The zero-order valence-corrected chi connectivity index (χ0v) is 9.76. The van der Waals surface area contributed by atoms with Crippen LogP contribution < -0.4 is 10.6 Å². The van der Waals surface area contributed by atoms with Crippen LogP contribution in [0.1, 0.15) is 58.8 Å². The van der Waals surface area contributed by atoms with Gasteiger partial charge in [0.2, 0.25) is 0 Å². The lowest BCUT2D eigenvalue weighted by atomic mass is 9.95. The highest BCUT2D eigenvalue weighted by Gasteiger charge is 2.17. The molecule has 1 aliphatic rings. The first-order valence-electron chi connectivity index (χ1n) is 6.30. The van der Waals surface area contributed by atoms with Gasteiger partial charge in [-0.05, 0) is 32.2 Å². The lowest BCUT2D eigenvalue weighted by Crippen LogP contribution is -2.42. The molecule has 1 aliphatic carbocycles. The Hall–Kier alpha value is -0.0800. The molecule has 0 amide bonds. The van der Waals surface area contributed by atoms with Crippen LogP contribution in [0.4, 0.5) is 0 Å². The van der Waals surface area contributed by atoms with Gasteiger partial charge in [0.15, 0.2) is 0 Å². The fraction of sp³-hybridized carbons (Fsp3) is 1.00. The standard InChI is InChI=1S/C12H25N2/c1-3-10-13-12(4-2)14-11-8-6-5-7-9-11/h11-13H,3-10H2,1-2H3. The lowest BCUT2D eigenvalue weighted by Gasteiger charge is -2.26. The minimum atomic E-state index is 0.415. The van der Waals surface area contributed by atoms with Crippen molar-refractivity contribution in [1.82, 2.24) is 10.6 Å². The largest absolute Gasteiger partial charge is 0.301 e. The molecule has 0 heterocycles. The van der Waals surface area contributed by atoms with Crippen molar-refractivity contribution in [2.75, 3.05) is 6.54 Å². The fourth-order valence-electron chi connectivity index (χ4n) is 2.10. The summed E-state index contributed by atoms with van der Waals surface area (Å²) >= 11 is 0. The van der Waals surface area contributed by atoms with Gasteiger partial charge < -0.3 is 5.32 Å². The zero-order valence-electron chi connectivity index (χ0n) is 9.76. The predicted octanol–water partition coefficient (Wildman–Crippen LogP) is 2.66. The van der Waals surface area contributed by atoms with Crippen LogP contribution in [0.3, 0.4) is 0 Å². The topological polar surface area (TPSA) is 26.1 Å². The van der Waals surface area contributed by atoms with Crippen molar-refractivity contribution in [2.45, 2.75) is 71.0 Å². The van der Waals surface area contributed by atoms with Crippen molar-refractivity contribution in [3.8, 4) is 0 Å². The Kier molecular flexibility index (Phi) is 6.20. The quantitative estimate of drug-likeness (QED) is 0.696. The van der Waals surface area contributed by atoms with Gasteiger partial charge in [-0.25, -0.2) is 5.32 Å². The maximum absolute atomic E-state index is 4.88. The Balaban J connectivity index is 2.16. The number of hydrogen-bond acceptors (Lipinski definition) is 1. The summed E-state index contributed by atoms with van der Waals surface area (Å²) in [5.74, 6) is 0. The molecule has 0 aliphatic heterocycles. The summed E-state index contributed by atoms with van der Waals surface area (Å²) in [5, 5.41) is 8.38. The molecule has 0 bridgehead atoms. The van der Waals surface area contributed by atoms with E-state index in [1.807, 2.05) is 0 Å². The van der Waals surface area contributed by atoms with Gasteiger partial charge in [-0.2, -0.15) is 0 Å². The highest BCUT2D eigenvalue weighted by atomic mass is 15.1. The molecule has 1 radical (unpaired) electrons. The molecule has 83 valence electrons. The van der Waals surface area contributed by atoms with E-state index >= 15 is 0 Å². The number of rotatable bonds is 6. The summed E-state index contributed by atoms with van der Waals surface area (Å²) in [6.45, 7) is 5.54. The van der Waals surface area contributed by atoms with Gasteiger partial charge in [0, 0.05) is 6.04 Å². The molecule has 0 aromatic heterocycles. The van der Waals surface area contributed by atoms with Crippen molar-refractivity contribution in [1.29, 1.82) is 0 Å². The molecule has 0 saturated heterocycles. The molecule has 1 fully saturated rings. The first-order valence-corrected chi connectivity index (χ1v) is 6.30. The minimum absolute atomic E-state index is 0.415. The van der Waals surface area contributed by atoms with E-state index in [-0.39, 0.29) is 0 Å². The van der Waals surface area contributed by atoms with Crippen LogP contribution in [0.15, 0.2) is 0 Å². The number of hydrogen-bond donors (Lipinski definition) is 1. The highest BCUT2D eigenvalue weighted by molar-refractivity contribution is 4.75. The van der Waals surface area contributed by atoms with Crippen LogP contribution in [-0.4, -0.2) is 18.8 Å². The van der Waals surface area contributed by atoms with Gasteiger partial charge in [0.25, 0.3) is 0 Å². The zero-order chi connectivity index (χ0) is 10.2. The second-order valence-corrected chi connectivity index (χ2v) is 4.32. The summed E-state index contributed by atoms with van der Waals surface area (Å²) in [6, 6.07) is 0.651. The Morgan fingerprint density at radius 1 is 1.21 bits per heavy atom. The van der Waals surface area contributed by atoms with E-state index in [2.05, 4.69) is 19.2 Å². The lowest BCUT2D eigenvalue weighted by molar-refractivity contribution is 0.295. The van der Waals surface area contributed by atoms with Gasteiger partial charge in [0.1, 0.15) is 0 Å². The monoisotopic (exact) mass is 197 g/mol. The van der Waals surface area contributed by atoms with Crippen LogP contribution in [0.5, 0.6) is 0 Å². The van der Waals surface area contributed by atoms with E-state index in [0.29, 0.717) is 12.2 Å².